The van der Waals surface area contributed by atoms with Gasteiger partial charge in [0.1, 0.15) is 0 Å². The molecule has 1 aliphatic rings. The Balaban J connectivity index is 1.79. The summed E-state index contributed by atoms with van der Waals surface area (Å²) in [5, 5.41) is 21.7. The Morgan fingerprint density at radius 2 is 2.26 bits per heavy atom. The van der Waals surface area contributed by atoms with E-state index in [9.17, 15) is 14.7 Å². The van der Waals surface area contributed by atoms with Crippen LogP contribution in [0.25, 0.3) is 6.08 Å². The van der Waals surface area contributed by atoms with Crippen molar-refractivity contribution in [3.8, 4) is 0 Å². The average Bonchev–Trinajstić information content (AvgIpc) is 3.05. The molecule has 9 nitrogen and oxygen atoms in total. The first-order valence-corrected chi connectivity index (χ1v) is 8.64. The fourth-order valence-electron chi connectivity index (χ4n) is 2.75. The maximum absolute atomic E-state index is 12.5. The van der Waals surface area contributed by atoms with Crippen LogP contribution >= 0.6 is 11.6 Å². The molecule has 1 aliphatic heterocycles. The van der Waals surface area contributed by atoms with E-state index in [1.807, 2.05) is 0 Å². The Morgan fingerprint density at radius 1 is 1.44 bits per heavy atom. The van der Waals surface area contributed by atoms with Gasteiger partial charge in [0.25, 0.3) is 0 Å². The first-order valence-electron chi connectivity index (χ1n) is 8.26. The number of nitrogens with zero attached hydrogens (tertiary/aromatic N) is 5. The molecule has 0 saturated carbocycles. The number of tetrazole rings is 1. The maximum Gasteiger partial charge on any atom is 0.328 e. The van der Waals surface area contributed by atoms with Crippen LogP contribution in [0.1, 0.15) is 17.0 Å². The molecule has 142 valence electrons. The number of hydrogen-bond acceptors (Lipinski definition) is 6. The van der Waals surface area contributed by atoms with Crippen LogP contribution in [-0.2, 0) is 20.9 Å². The monoisotopic (exact) mass is 391 g/mol. The van der Waals surface area contributed by atoms with E-state index >= 15 is 0 Å². The SMILES string of the molecule is Cc1nnn(Cc2cc(Cl)ccc2/C=C/C(=O)N2CCOCC2C(=O)O)n1. The number of carboxylic acids is 1. The molecule has 10 heteroatoms. The number of benzene rings is 1. The van der Waals surface area contributed by atoms with Crippen molar-refractivity contribution < 1.29 is 19.4 Å². The van der Waals surface area contributed by atoms with Gasteiger partial charge in [-0.15, -0.1) is 10.2 Å². The molecule has 0 radical (unpaired) electrons. The second-order valence-corrected chi connectivity index (χ2v) is 6.44. The van der Waals surface area contributed by atoms with Crippen molar-refractivity contribution >= 4 is 29.6 Å². The molecule has 2 aromatic rings. The highest BCUT2D eigenvalue weighted by molar-refractivity contribution is 6.30. The van der Waals surface area contributed by atoms with Gasteiger partial charge >= 0.3 is 5.97 Å². The fraction of sp³-hybridized carbons (Fsp3) is 0.353. The number of aryl methyl sites for hydroxylation is 1. The quantitative estimate of drug-likeness (QED) is 0.757. The van der Waals surface area contributed by atoms with Gasteiger partial charge in [-0.25, -0.2) is 4.79 Å². The summed E-state index contributed by atoms with van der Waals surface area (Å²) in [4.78, 5) is 26.5. The zero-order valence-electron chi connectivity index (χ0n) is 14.6. The van der Waals surface area contributed by atoms with Crippen molar-refractivity contribution in [2.24, 2.45) is 0 Å². The Kier molecular flexibility index (Phi) is 5.82. The fourth-order valence-corrected chi connectivity index (χ4v) is 2.94. The van der Waals surface area contributed by atoms with Crippen LogP contribution in [0.4, 0.5) is 0 Å². The molecular weight excluding hydrogens is 374 g/mol. The van der Waals surface area contributed by atoms with E-state index in [1.54, 1.807) is 31.2 Å². The Bertz CT molecular complexity index is 882. The van der Waals surface area contributed by atoms with E-state index in [-0.39, 0.29) is 19.1 Å². The number of halogens is 1. The van der Waals surface area contributed by atoms with Gasteiger partial charge in [-0.3, -0.25) is 4.79 Å². The van der Waals surface area contributed by atoms with E-state index in [4.69, 9.17) is 16.3 Å². The lowest BCUT2D eigenvalue weighted by Gasteiger charge is -2.32. The molecule has 27 heavy (non-hydrogen) atoms. The maximum atomic E-state index is 12.5. The van der Waals surface area contributed by atoms with E-state index in [2.05, 4.69) is 15.4 Å². The number of aromatic nitrogens is 4. The second-order valence-electron chi connectivity index (χ2n) is 6.00. The van der Waals surface area contributed by atoms with E-state index in [1.165, 1.54) is 15.8 Å². The van der Waals surface area contributed by atoms with Gasteiger partial charge in [0.2, 0.25) is 5.91 Å². The van der Waals surface area contributed by atoms with Gasteiger partial charge in [0.15, 0.2) is 11.9 Å². The molecule has 0 spiro atoms. The van der Waals surface area contributed by atoms with E-state index in [0.717, 1.165) is 11.1 Å². The third-order valence-corrected chi connectivity index (χ3v) is 4.31. The van der Waals surface area contributed by atoms with Crippen LogP contribution in [0.3, 0.4) is 0 Å². The number of carbonyl (C=O) groups excluding carboxylic acids is 1. The second kappa shape index (κ2) is 8.28. The minimum Gasteiger partial charge on any atom is -0.480 e. The van der Waals surface area contributed by atoms with Gasteiger partial charge in [0, 0.05) is 17.6 Å². The zero-order chi connectivity index (χ0) is 19.4. The first kappa shape index (κ1) is 19.0. The lowest BCUT2D eigenvalue weighted by molar-refractivity contribution is -0.156. The standard InChI is InChI=1S/C17H18ClN5O4/c1-11-19-21-23(20-11)9-13-8-14(18)4-2-12(13)3-5-16(24)22-6-7-27-10-15(22)17(25)26/h2-5,8,15H,6-7,9-10H2,1H3,(H,25,26)/b5-3+. The molecule has 1 aromatic carbocycles. The van der Waals surface area contributed by atoms with Crippen LogP contribution in [0.15, 0.2) is 24.3 Å². The molecule has 3 rings (SSSR count). The number of carboxylic acid groups (broad SMARTS) is 1. The van der Waals surface area contributed by atoms with Crippen LogP contribution < -0.4 is 0 Å². The van der Waals surface area contributed by atoms with Crippen LogP contribution in [0.5, 0.6) is 0 Å². The van der Waals surface area contributed by atoms with Crippen molar-refractivity contribution in [1.29, 1.82) is 0 Å². The Labute approximate surface area is 160 Å². The third kappa shape index (κ3) is 4.69. The molecule has 1 saturated heterocycles. The van der Waals surface area contributed by atoms with Gasteiger partial charge in [-0.05, 0) is 41.5 Å². The van der Waals surface area contributed by atoms with Crippen LogP contribution in [0.2, 0.25) is 5.02 Å². The number of carbonyl (C=O) groups is 2. The van der Waals surface area contributed by atoms with Crippen molar-refractivity contribution in [1.82, 2.24) is 25.1 Å². The highest BCUT2D eigenvalue weighted by atomic mass is 35.5. The minimum absolute atomic E-state index is 0.0154. The average molecular weight is 392 g/mol. The number of rotatable bonds is 5. The summed E-state index contributed by atoms with van der Waals surface area (Å²) in [6, 6.07) is 4.27. The summed E-state index contributed by atoms with van der Waals surface area (Å²) in [5.74, 6) is -0.922. The first-order chi connectivity index (χ1) is 12.9. The predicted molar refractivity (Wildman–Crippen MR) is 96.1 cm³/mol. The molecule has 2 heterocycles. The van der Waals surface area contributed by atoms with E-state index in [0.29, 0.717) is 24.0 Å². The number of amides is 1. The zero-order valence-corrected chi connectivity index (χ0v) is 15.3. The van der Waals surface area contributed by atoms with Gasteiger partial charge in [0.05, 0.1) is 19.8 Å². The lowest BCUT2D eigenvalue weighted by Crippen LogP contribution is -2.52. The van der Waals surface area contributed by atoms with Crippen molar-refractivity contribution in [2.45, 2.75) is 19.5 Å². The van der Waals surface area contributed by atoms with Crippen LogP contribution in [0, 0.1) is 6.92 Å². The lowest BCUT2D eigenvalue weighted by atomic mass is 10.1. The van der Waals surface area contributed by atoms with Gasteiger partial charge in [-0.1, -0.05) is 17.7 Å². The number of aliphatic carboxylic acids is 1. The molecular formula is C17H18ClN5O4. The summed E-state index contributed by atoms with van der Waals surface area (Å²) < 4.78 is 5.15. The topological polar surface area (TPSA) is 110 Å². The minimum atomic E-state index is -1.09. The summed E-state index contributed by atoms with van der Waals surface area (Å²) in [6.07, 6.45) is 2.99. The third-order valence-electron chi connectivity index (χ3n) is 4.07. The highest BCUT2D eigenvalue weighted by Gasteiger charge is 2.31. The molecule has 1 fully saturated rings. The van der Waals surface area contributed by atoms with Crippen LogP contribution in [-0.4, -0.2) is 67.9 Å². The van der Waals surface area contributed by atoms with Crippen molar-refractivity contribution in [3.05, 3.63) is 46.2 Å². The normalized spacial score (nSPS) is 17.4. The smallest absolute Gasteiger partial charge is 0.328 e. The van der Waals surface area contributed by atoms with E-state index < -0.39 is 12.0 Å². The molecule has 1 unspecified atom stereocenters. The summed E-state index contributed by atoms with van der Waals surface area (Å²) in [6.45, 7) is 2.60. The molecule has 1 N–H and O–H groups in total. The number of ether oxygens (including phenoxy) is 1. The largest absolute Gasteiger partial charge is 0.480 e. The molecule has 0 aliphatic carbocycles. The van der Waals surface area contributed by atoms with Crippen molar-refractivity contribution in [3.63, 3.8) is 0 Å². The van der Waals surface area contributed by atoms with Crippen molar-refractivity contribution in [2.75, 3.05) is 19.8 Å². The summed E-state index contributed by atoms with van der Waals surface area (Å²) in [5.41, 5.74) is 1.56. The Morgan fingerprint density at radius 3 is 2.96 bits per heavy atom. The summed E-state index contributed by atoms with van der Waals surface area (Å²) in [7, 11) is 0. The Hall–Kier alpha value is -2.78. The number of morpholine rings is 1. The molecule has 1 amide bonds. The molecule has 1 atom stereocenters. The predicted octanol–water partition coefficient (Wildman–Crippen LogP) is 1.01. The molecule has 0 bridgehead atoms. The van der Waals surface area contributed by atoms with Gasteiger partial charge < -0.3 is 14.7 Å². The molecule has 1 aromatic heterocycles. The summed E-state index contributed by atoms with van der Waals surface area (Å²) >= 11 is 6.08. The number of hydrogen-bond donors (Lipinski definition) is 1. The van der Waals surface area contributed by atoms with Gasteiger partial charge in [-0.2, -0.15) is 4.80 Å². The highest BCUT2D eigenvalue weighted by Crippen LogP contribution is 2.19.